The van der Waals surface area contributed by atoms with Gasteiger partial charge in [0, 0.05) is 44.3 Å². The molecule has 1 aliphatic rings. The fourth-order valence-electron chi connectivity index (χ4n) is 5.52. The SMILES string of the molecule is CO[C@H]1C=CC=C(C)C(=O)Nc2cc(O)c(NC(=O)OCc3ccc(OC(C)=O)cc3)c(c2O)C=C(C)C[C@H](OC)[C@H](O)[C@@H](C)C=C(C)[C@@H]1OC(N)=O. The Kier molecular flexibility index (Phi) is 15.2. The van der Waals surface area contributed by atoms with Crippen LogP contribution in [0.1, 0.15) is 52.2 Å². The highest BCUT2D eigenvalue weighted by Crippen LogP contribution is 2.42. The third-order valence-electron chi connectivity index (χ3n) is 8.28. The highest BCUT2D eigenvalue weighted by atomic mass is 16.6. The van der Waals surface area contributed by atoms with Gasteiger partial charge in [0.1, 0.15) is 30.0 Å². The van der Waals surface area contributed by atoms with Crippen molar-refractivity contribution in [1.82, 2.24) is 0 Å². The zero-order chi connectivity index (χ0) is 39.4. The number of aliphatic hydroxyl groups excluding tert-OH is 1. The molecule has 0 saturated heterocycles. The Morgan fingerprint density at radius 3 is 2.34 bits per heavy atom. The second-order valence-electron chi connectivity index (χ2n) is 12.5. The first-order valence-electron chi connectivity index (χ1n) is 16.6. The van der Waals surface area contributed by atoms with E-state index in [1.165, 1.54) is 58.4 Å². The summed E-state index contributed by atoms with van der Waals surface area (Å²) < 4.78 is 26.9. The molecule has 2 bridgehead atoms. The summed E-state index contributed by atoms with van der Waals surface area (Å²) in [5, 5.41) is 38.9. The number of phenolic OH excluding ortho intramolecular Hbond substituents is 2. The summed E-state index contributed by atoms with van der Waals surface area (Å²) in [6.07, 6.45) is 2.15. The van der Waals surface area contributed by atoms with Crippen LogP contribution in [0.4, 0.5) is 21.0 Å². The van der Waals surface area contributed by atoms with Crippen molar-refractivity contribution in [1.29, 1.82) is 0 Å². The van der Waals surface area contributed by atoms with Crippen molar-refractivity contribution in [3.05, 3.63) is 82.5 Å². The Bertz CT molecular complexity index is 1780. The standard InChI is InChI=1S/C38H47N3O12/c1-20-15-27-32(41-38(48)51-19-25-11-13-26(14-12-25)52-24(5)42)29(43)18-28(34(27)45)40-36(46)21(2)9-8-10-30(49-6)35(53-37(39)47)23(4)17-22(3)33(44)31(16-20)50-7/h8-15,17-18,22,30-31,33,35,43-45H,16,19H2,1-7H3,(H2,39,47)(H,40,46)(H,41,48)/t22-,30-,31-,33+,35-/m0/s1. The van der Waals surface area contributed by atoms with Gasteiger partial charge in [-0.1, -0.05) is 48.9 Å². The lowest BCUT2D eigenvalue weighted by molar-refractivity contribution is -0.131. The van der Waals surface area contributed by atoms with E-state index in [9.17, 15) is 34.5 Å². The van der Waals surface area contributed by atoms with Gasteiger partial charge in [-0.3, -0.25) is 14.9 Å². The summed E-state index contributed by atoms with van der Waals surface area (Å²) >= 11 is 0. The van der Waals surface area contributed by atoms with Gasteiger partial charge >= 0.3 is 18.2 Å². The number of hydrogen-bond acceptors (Lipinski definition) is 12. The van der Waals surface area contributed by atoms with Crippen LogP contribution in [0.2, 0.25) is 0 Å². The van der Waals surface area contributed by atoms with Crippen LogP contribution in [0.5, 0.6) is 17.2 Å². The van der Waals surface area contributed by atoms with Gasteiger partial charge in [-0.15, -0.1) is 0 Å². The van der Waals surface area contributed by atoms with Gasteiger partial charge < -0.3 is 50.1 Å². The Morgan fingerprint density at radius 1 is 1.06 bits per heavy atom. The van der Waals surface area contributed by atoms with Crippen LogP contribution >= 0.6 is 0 Å². The highest BCUT2D eigenvalue weighted by molar-refractivity contribution is 6.06. The van der Waals surface area contributed by atoms with Crippen LogP contribution in [0.15, 0.2) is 71.4 Å². The molecule has 0 aliphatic carbocycles. The Labute approximate surface area is 307 Å². The number of nitrogens with one attached hydrogen (secondary N) is 2. The monoisotopic (exact) mass is 737 g/mol. The van der Waals surface area contributed by atoms with E-state index in [0.29, 0.717) is 22.5 Å². The lowest BCUT2D eigenvalue weighted by Gasteiger charge is -2.28. The summed E-state index contributed by atoms with van der Waals surface area (Å²) in [4.78, 5) is 49.2. The molecule has 0 unspecified atom stereocenters. The van der Waals surface area contributed by atoms with Gasteiger partial charge in [0.2, 0.25) is 0 Å². The zero-order valence-corrected chi connectivity index (χ0v) is 30.7. The molecule has 0 fully saturated rings. The number of aliphatic hydroxyl groups is 1. The molecule has 15 nitrogen and oxygen atoms in total. The molecule has 1 heterocycles. The molecule has 3 amide bonds. The minimum atomic E-state index is -1.08. The maximum Gasteiger partial charge on any atom is 0.412 e. The topological polar surface area (TPSA) is 225 Å². The van der Waals surface area contributed by atoms with Crippen molar-refractivity contribution in [3.63, 3.8) is 0 Å². The van der Waals surface area contributed by atoms with E-state index in [-0.39, 0.29) is 35.5 Å². The average molecular weight is 738 g/mol. The number of ether oxygens (including phenoxy) is 5. The van der Waals surface area contributed by atoms with Crippen LogP contribution < -0.4 is 21.1 Å². The number of aromatic hydroxyl groups is 2. The number of carbonyl (C=O) groups excluding carboxylic acids is 4. The molecule has 15 heteroatoms. The maximum absolute atomic E-state index is 13.2. The second-order valence-corrected chi connectivity index (χ2v) is 12.5. The van der Waals surface area contributed by atoms with E-state index in [1.54, 1.807) is 45.1 Å². The normalized spacial score (nSPS) is 21.3. The van der Waals surface area contributed by atoms with E-state index >= 15 is 0 Å². The molecule has 2 aromatic carbocycles. The number of rotatable bonds is 7. The lowest BCUT2D eigenvalue weighted by atomic mass is 9.91. The van der Waals surface area contributed by atoms with Crippen molar-refractivity contribution < 1.29 is 58.2 Å². The molecular weight excluding hydrogens is 690 g/mol. The molecule has 2 aromatic rings. The van der Waals surface area contributed by atoms with Gasteiger partial charge in [-0.2, -0.15) is 0 Å². The second kappa shape index (κ2) is 19.3. The summed E-state index contributed by atoms with van der Waals surface area (Å²) in [5.74, 6) is -2.33. The summed E-state index contributed by atoms with van der Waals surface area (Å²) in [6, 6.07) is 7.34. The van der Waals surface area contributed by atoms with Crippen LogP contribution in [0, 0.1) is 5.92 Å². The summed E-state index contributed by atoms with van der Waals surface area (Å²) in [6.45, 7) is 7.74. The third kappa shape index (κ3) is 12.0. The number of hydrogen-bond donors (Lipinski definition) is 6. The van der Waals surface area contributed by atoms with Gasteiger partial charge in [-0.05, 0) is 56.5 Å². The smallest absolute Gasteiger partial charge is 0.412 e. The minimum Gasteiger partial charge on any atom is -0.506 e. The molecule has 0 spiro atoms. The van der Waals surface area contributed by atoms with Gasteiger partial charge in [0.25, 0.3) is 5.91 Å². The highest BCUT2D eigenvalue weighted by Gasteiger charge is 2.29. The molecule has 7 N–H and O–H groups in total. The fourth-order valence-corrected chi connectivity index (χ4v) is 5.52. The Balaban J connectivity index is 2.05. The average Bonchev–Trinajstić information content (AvgIpc) is 3.10. The fraction of sp³-hybridized carbons (Fsp3) is 0.368. The predicted octanol–water partition coefficient (Wildman–Crippen LogP) is 5.46. The van der Waals surface area contributed by atoms with Crippen molar-refractivity contribution in [2.75, 3.05) is 24.9 Å². The Morgan fingerprint density at radius 2 is 1.74 bits per heavy atom. The number of esters is 1. The maximum atomic E-state index is 13.2. The van der Waals surface area contributed by atoms with Crippen molar-refractivity contribution >= 4 is 41.5 Å². The van der Waals surface area contributed by atoms with Gasteiger partial charge in [0.05, 0.1) is 23.6 Å². The molecule has 5 atom stereocenters. The molecular formula is C38H47N3O12. The van der Waals surface area contributed by atoms with Crippen molar-refractivity contribution in [3.8, 4) is 17.2 Å². The van der Waals surface area contributed by atoms with E-state index in [2.05, 4.69) is 10.6 Å². The largest absolute Gasteiger partial charge is 0.506 e. The van der Waals surface area contributed by atoms with Crippen LogP contribution in [-0.4, -0.2) is 78.0 Å². The van der Waals surface area contributed by atoms with Gasteiger partial charge in [0.15, 0.2) is 6.10 Å². The van der Waals surface area contributed by atoms with E-state index < -0.39 is 65.9 Å². The van der Waals surface area contributed by atoms with Crippen LogP contribution in [0.25, 0.3) is 6.08 Å². The number of amides is 3. The molecule has 286 valence electrons. The summed E-state index contributed by atoms with van der Waals surface area (Å²) in [5.41, 5.74) is 6.74. The Hall–Kier alpha value is -5.64. The van der Waals surface area contributed by atoms with Crippen LogP contribution in [0.3, 0.4) is 0 Å². The first kappa shape index (κ1) is 41.8. The quantitative estimate of drug-likeness (QED) is 0.0685. The van der Waals surface area contributed by atoms with E-state index in [4.69, 9.17) is 29.4 Å². The lowest BCUT2D eigenvalue weighted by Crippen LogP contribution is -2.36. The molecule has 0 saturated carbocycles. The summed E-state index contributed by atoms with van der Waals surface area (Å²) in [7, 11) is 2.83. The molecule has 1 aliphatic heterocycles. The van der Waals surface area contributed by atoms with Gasteiger partial charge in [-0.25, -0.2) is 9.59 Å². The predicted molar refractivity (Wildman–Crippen MR) is 196 cm³/mol. The van der Waals surface area contributed by atoms with Crippen molar-refractivity contribution in [2.24, 2.45) is 11.7 Å². The number of phenols is 2. The first-order chi connectivity index (χ1) is 25.0. The molecule has 0 radical (unpaired) electrons. The van der Waals surface area contributed by atoms with E-state index in [1.807, 2.05) is 0 Å². The molecule has 3 rings (SSSR count). The number of allylic oxidation sites excluding steroid dienone is 2. The first-order valence-corrected chi connectivity index (χ1v) is 16.6. The number of fused-ring (bicyclic) bond motifs is 2. The zero-order valence-electron chi connectivity index (χ0n) is 30.7. The number of anilines is 2. The van der Waals surface area contributed by atoms with Crippen molar-refractivity contribution in [2.45, 2.75) is 72.1 Å². The minimum absolute atomic E-state index is 0.0672. The number of benzene rings is 2. The van der Waals surface area contributed by atoms with Crippen LogP contribution in [-0.2, 0) is 35.1 Å². The molecule has 0 aromatic heterocycles. The number of nitrogens with two attached hydrogens (primary N) is 1. The third-order valence-corrected chi connectivity index (χ3v) is 8.28. The number of carbonyl (C=O) groups is 4. The molecule has 53 heavy (non-hydrogen) atoms. The van der Waals surface area contributed by atoms with E-state index in [0.717, 1.165) is 6.07 Å². The number of primary amides is 1. The number of methoxy groups -OCH3 is 2.